The minimum absolute atomic E-state index is 0.775. The largest absolute Gasteiger partial charge is 0.373 e. The minimum atomic E-state index is 0.775. The summed E-state index contributed by atoms with van der Waals surface area (Å²) in [6.45, 7) is 1.90. The molecule has 0 spiro atoms. The molecule has 1 heterocycles. The predicted octanol–water partition coefficient (Wildman–Crippen LogP) is 3.74. The first kappa shape index (κ1) is 12.4. The molecule has 0 unspecified atom stereocenters. The highest BCUT2D eigenvalue weighted by molar-refractivity contribution is 9.10. The number of hydrogen-bond acceptors (Lipinski definition) is 4. The van der Waals surface area contributed by atoms with Crippen molar-refractivity contribution in [2.45, 2.75) is 16.8 Å². The van der Waals surface area contributed by atoms with Gasteiger partial charge in [-0.3, -0.25) is 0 Å². The van der Waals surface area contributed by atoms with E-state index in [0.29, 0.717) is 0 Å². The van der Waals surface area contributed by atoms with Gasteiger partial charge in [0.2, 0.25) is 0 Å². The lowest BCUT2D eigenvalue weighted by Crippen LogP contribution is -1.97. The first-order valence-corrected chi connectivity index (χ1v) is 6.75. The van der Waals surface area contributed by atoms with Crippen molar-refractivity contribution in [3.05, 3.63) is 40.6 Å². The molecule has 0 aliphatic heterocycles. The summed E-state index contributed by atoms with van der Waals surface area (Å²) in [5.74, 6) is 1.62. The Bertz CT molecular complexity index is 514. The van der Waals surface area contributed by atoms with Crippen LogP contribution in [0.2, 0.25) is 0 Å². The molecule has 3 nitrogen and oxygen atoms in total. The van der Waals surface area contributed by atoms with E-state index in [1.807, 2.05) is 32.2 Å². The molecule has 0 saturated heterocycles. The summed E-state index contributed by atoms with van der Waals surface area (Å²) in [6.07, 6.45) is 0. The molecule has 0 atom stereocenters. The fourth-order valence-electron chi connectivity index (χ4n) is 1.34. The number of nitrogens with zero attached hydrogens (tertiary/aromatic N) is 2. The second kappa shape index (κ2) is 5.51. The van der Waals surface area contributed by atoms with Gasteiger partial charge in [-0.25, -0.2) is 9.97 Å². The van der Waals surface area contributed by atoms with E-state index in [9.17, 15) is 0 Å². The summed E-state index contributed by atoms with van der Waals surface area (Å²) < 4.78 is 1.08. The zero-order chi connectivity index (χ0) is 12.3. The van der Waals surface area contributed by atoms with Gasteiger partial charge in [0.15, 0.2) is 0 Å². The third-order valence-corrected chi connectivity index (χ3v) is 3.56. The molecular formula is C12H12BrN3S. The van der Waals surface area contributed by atoms with Crippen molar-refractivity contribution >= 4 is 33.5 Å². The second-order valence-corrected chi connectivity index (χ2v) is 5.45. The van der Waals surface area contributed by atoms with E-state index in [2.05, 4.69) is 43.3 Å². The lowest BCUT2D eigenvalue weighted by molar-refractivity contribution is 0.969. The topological polar surface area (TPSA) is 37.8 Å². The zero-order valence-corrected chi connectivity index (χ0v) is 12.0. The molecule has 0 radical (unpaired) electrons. The van der Waals surface area contributed by atoms with Crippen LogP contribution in [0.5, 0.6) is 0 Å². The van der Waals surface area contributed by atoms with Gasteiger partial charge >= 0.3 is 0 Å². The van der Waals surface area contributed by atoms with Gasteiger partial charge in [0.1, 0.15) is 16.7 Å². The third kappa shape index (κ3) is 3.44. The Morgan fingerprint density at radius 1 is 1.18 bits per heavy atom. The summed E-state index contributed by atoms with van der Waals surface area (Å²) in [5, 5.41) is 3.98. The van der Waals surface area contributed by atoms with Crippen molar-refractivity contribution in [3.8, 4) is 0 Å². The van der Waals surface area contributed by atoms with Crippen LogP contribution < -0.4 is 5.32 Å². The normalized spacial score (nSPS) is 10.3. The fourth-order valence-corrected chi connectivity index (χ4v) is 2.47. The SMILES string of the molecule is CNc1cc(Sc2ccc(Br)cc2)nc(C)n1. The molecule has 0 bridgehead atoms. The van der Waals surface area contributed by atoms with Gasteiger partial charge in [0.05, 0.1) is 0 Å². The number of aryl methyl sites for hydroxylation is 1. The highest BCUT2D eigenvalue weighted by Crippen LogP contribution is 2.28. The van der Waals surface area contributed by atoms with Crippen LogP contribution in [-0.4, -0.2) is 17.0 Å². The van der Waals surface area contributed by atoms with E-state index in [4.69, 9.17) is 0 Å². The Labute approximate surface area is 113 Å². The average molecular weight is 310 g/mol. The van der Waals surface area contributed by atoms with E-state index < -0.39 is 0 Å². The van der Waals surface area contributed by atoms with Crippen LogP contribution >= 0.6 is 27.7 Å². The summed E-state index contributed by atoms with van der Waals surface area (Å²) in [7, 11) is 1.86. The highest BCUT2D eigenvalue weighted by Gasteiger charge is 2.03. The number of hydrogen-bond donors (Lipinski definition) is 1. The number of aromatic nitrogens is 2. The fraction of sp³-hybridized carbons (Fsp3) is 0.167. The Hall–Kier alpha value is -1.07. The van der Waals surface area contributed by atoms with Gasteiger partial charge < -0.3 is 5.32 Å². The van der Waals surface area contributed by atoms with Crippen molar-refractivity contribution in [2.75, 3.05) is 12.4 Å². The maximum atomic E-state index is 4.40. The van der Waals surface area contributed by atoms with Gasteiger partial charge in [-0.2, -0.15) is 0 Å². The van der Waals surface area contributed by atoms with E-state index in [-0.39, 0.29) is 0 Å². The van der Waals surface area contributed by atoms with Crippen molar-refractivity contribution in [1.29, 1.82) is 0 Å². The van der Waals surface area contributed by atoms with Crippen LogP contribution in [0.15, 0.2) is 44.7 Å². The maximum Gasteiger partial charge on any atom is 0.130 e. The summed E-state index contributed by atoms with van der Waals surface area (Å²) in [5.41, 5.74) is 0. The quantitative estimate of drug-likeness (QED) is 0.877. The molecule has 88 valence electrons. The van der Waals surface area contributed by atoms with Crippen LogP contribution in [0, 0.1) is 6.92 Å². The van der Waals surface area contributed by atoms with Gasteiger partial charge in [0, 0.05) is 22.5 Å². The van der Waals surface area contributed by atoms with Gasteiger partial charge in [-0.15, -0.1) is 0 Å². The smallest absolute Gasteiger partial charge is 0.130 e. The first-order valence-electron chi connectivity index (χ1n) is 5.14. The molecule has 2 rings (SSSR count). The van der Waals surface area contributed by atoms with Crippen LogP contribution in [0.25, 0.3) is 0 Å². The van der Waals surface area contributed by atoms with Crippen molar-refractivity contribution in [3.63, 3.8) is 0 Å². The molecule has 1 aromatic heterocycles. The predicted molar refractivity (Wildman–Crippen MR) is 74.6 cm³/mol. The van der Waals surface area contributed by atoms with Crippen LogP contribution in [0.3, 0.4) is 0 Å². The molecule has 1 N–H and O–H groups in total. The molecule has 2 aromatic rings. The molecule has 5 heteroatoms. The molecule has 0 saturated carbocycles. The second-order valence-electron chi connectivity index (χ2n) is 3.44. The van der Waals surface area contributed by atoms with Gasteiger partial charge in [-0.05, 0) is 31.2 Å². The standard InChI is InChI=1S/C12H12BrN3S/c1-8-15-11(14-2)7-12(16-8)17-10-5-3-9(13)4-6-10/h3-7H,1-2H3,(H,14,15,16). The van der Waals surface area contributed by atoms with Crippen molar-refractivity contribution in [1.82, 2.24) is 9.97 Å². The average Bonchev–Trinajstić information content (AvgIpc) is 2.31. The monoisotopic (exact) mass is 309 g/mol. The molecule has 0 aliphatic carbocycles. The number of anilines is 1. The Morgan fingerprint density at radius 2 is 1.88 bits per heavy atom. The van der Waals surface area contributed by atoms with Crippen molar-refractivity contribution < 1.29 is 0 Å². The lowest BCUT2D eigenvalue weighted by Gasteiger charge is -2.05. The van der Waals surface area contributed by atoms with E-state index in [1.165, 1.54) is 0 Å². The summed E-state index contributed by atoms with van der Waals surface area (Å²) in [4.78, 5) is 9.83. The molecule has 0 fully saturated rings. The lowest BCUT2D eigenvalue weighted by atomic mass is 10.4. The molecule has 0 aliphatic rings. The first-order chi connectivity index (χ1) is 8.17. The van der Waals surface area contributed by atoms with Crippen molar-refractivity contribution in [2.24, 2.45) is 0 Å². The van der Waals surface area contributed by atoms with Gasteiger partial charge in [-0.1, -0.05) is 27.7 Å². The number of rotatable bonds is 3. The molecule has 0 amide bonds. The number of benzene rings is 1. The van der Waals surface area contributed by atoms with E-state index in [1.54, 1.807) is 11.8 Å². The Kier molecular flexibility index (Phi) is 4.02. The van der Waals surface area contributed by atoms with Crippen LogP contribution in [0.4, 0.5) is 5.82 Å². The minimum Gasteiger partial charge on any atom is -0.373 e. The molecule has 1 aromatic carbocycles. The van der Waals surface area contributed by atoms with E-state index >= 15 is 0 Å². The highest BCUT2D eigenvalue weighted by atomic mass is 79.9. The van der Waals surface area contributed by atoms with Gasteiger partial charge in [0.25, 0.3) is 0 Å². The number of nitrogens with one attached hydrogen (secondary N) is 1. The van der Waals surface area contributed by atoms with E-state index in [0.717, 1.165) is 26.0 Å². The molecule has 17 heavy (non-hydrogen) atoms. The summed E-state index contributed by atoms with van der Waals surface area (Å²) in [6, 6.07) is 10.1. The van der Waals surface area contributed by atoms with Crippen LogP contribution in [0.1, 0.15) is 5.82 Å². The number of halogens is 1. The third-order valence-electron chi connectivity index (χ3n) is 2.11. The molecular weight excluding hydrogens is 298 g/mol. The van der Waals surface area contributed by atoms with Crippen LogP contribution in [-0.2, 0) is 0 Å². The Morgan fingerprint density at radius 3 is 2.53 bits per heavy atom. The maximum absolute atomic E-state index is 4.40. The summed E-state index contributed by atoms with van der Waals surface area (Å²) >= 11 is 5.05. The Balaban J connectivity index is 2.23. The zero-order valence-electron chi connectivity index (χ0n) is 9.57.